The molecule has 0 atom stereocenters. The van der Waals surface area contributed by atoms with Gasteiger partial charge in [0.15, 0.2) is 5.17 Å². The first kappa shape index (κ1) is 22.5. The summed E-state index contributed by atoms with van der Waals surface area (Å²) in [6, 6.07) is 18.7. The molecule has 2 aliphatic rings. The SMILES string of the molecule is Cc1ccc(N=C2NC(=O)/C(=C/c3cc(C)n(-c4ccc(N5CCOCC5)cc4)c3C)S2)cc1. The van der Waals surface area contributed by atoms with E-state index < -0.39 is 0 Å². The summed E-state index contributed by atoms with van der Waals surface area (Å²) in [6.45, 7) is 9.63. The number of aliphatic imine (C=N–C) groups is 1. The molecule has 2 fully saturated rings. The third-order valence-electron chi connectivity index (χ3n) is 6.16. The van der Waals surface area contributed by atoms with Crippen molar-refractivity contribution in [2.75, 3.05) is 31.2 Å². The van der Waals surface area contributed by atoms with Gasteiger partial charge in [-0.1, -0.05) is 17.7 Å². The van der Waals surface area contributed by atoms with E-state index in [0.29, 0.717) is 10.1 Å². The number of morpholine rings is 1. The number of hydrogen-bond donors (Lipinski definition) is 1. The average Bonchev–Trinajstić information content (AvgIpc) is 3.33. The normalized spacial score (nSPS) is 18.7. The van der Waals surface area contributed by atoms with Crippen LogP contribution in [0.3, 0.4) is 0 Å². The van der Waals surface area contributed by atoms with Gasteiger partial charge in [-0.3, -0.25) is 4.79 Å². The van der Waals surface area contributed by atoms with Crippen molar-refractivity contribution in [1.82, 2.24) is 9.88 Å². The van der Waals surface area contributed by atoms with Crippen LogP contribution < -0.4 is 10.2 Å². The minimum absolute atomic E-state index is 0.115. The van der Waals surface area contributed by atoms with E-state index in [-0.39, 0.29) is 5.91 Å². The van der Waals surface area contributed by atoms with E-state index in [1.165, 1.54) is 23.0 Å². The molecule has 1 N–H and O–H groups in total. The third-order valence-corrected chi connectivity index (χ3v) is 7.07. The maximum atomic E-state index is 12.6. The van der Waals surface area contributed by atoms with Crippen molar-refractivity contribution in [3.05, 3.63) is 82.0 Å². The van der Waals surface area contributed by atoms with E-state index in [2.05, 4.69) is 64.0 Å². The van der Waals surface area contributed by atoms with Gasteiger partial charge in [0.2, 0.25) is 0 Å². The van der Waals surface area contributed by atoms with Crippen molar-refractivity contribution >= 4 is 40.3 Å². The summed E-state index contributed by atoms with van der Waals surface area (Å²) in [5.41, 5.74) is 7.59. The van der Waals surface area contributed by atoms with Gasteiger partial charge in [-0.15, -0.1) is 0 Å². The number of anilines is 1. The number of amidine groups is 1. The molecule has 0 bridgehead atoms. The highest BCUT2D eigenvalue weighted by atomic mass is 32.2. The van der Waals surface area contributed by atoms with Crippen molar-refractivity contribution in [3.63, 3.8) is 0 Å². The van der Waals surface area contributed by atoms with E-state index in [4.69, 9.17) is 4.74 Å². The van der Waals surface area contributed by atoms with E-state index in [1.807, 2.05) is 37.3 Å². The molecule has 0 aliphatic carbocycles. The maximum Gasteiger partial charge on any atom is 0.264 e. The van der Waals surface area contributed by atoms with Crippen LogP contribution in [0.15, 0.2) is 64.5 Å². The summed E-state index contributed by atoms with van der Waals surface area (Å²) in [5, 5.41) is 3.49. The number of carbonyl (C=O) groups is 1. The highest BCUT2D eigenvalue weighted by Gasteiger charge is 2.24. The number of benzene rings is 2. The molecule has 1 amide bonds. The van der Waals surface area contributed by atoms with Gasteiger partial charge in [-0.25, -0.2) is 4.99 Å². The van der Waals surface area contributed by atoms with Crippen LogP contribution in [0, 0.1) is 20.8 Å². The molecule has 0 unspecified atom stereocenters. The minimum Gasteiger partial charge on any atom is -0.378 e. The number of nitrogens with zero attached hydrogens (tertiary/aromatic N) is 3. The Morgan fingerprint density at radius 2 is 1.65 bits per heavy atom. The predicted octanol–water partition coefficient (Wildman–Crippen LogP) is 5.13. The average molecular weight is 473 g/mol. The van der Waals surface area contributed by atoms with Crippen LogP contribution >= 0.6 is 11.8 Å². The number of amides is 1. The Kier molecular flexibility index (Phi) is 6.30. The molecule has 34 heavy (non-hydrogen) atoms. The van der Waals surface area contributed by atoms with Crippen LogP contribution in [0.1, 0.15) is 22.5 Å². The van der Waals surface area contributed by atoms with Crippen LogP contribution in [-0.2, 0) is 9.53 Å². The standard InChI is InChI=1S/C27H28N4O2S/c1-18-4-6-22(7-5-18)28-27-29-26(32)25(34-27)17-21-16-19(2)31(20(21)3)24-10-8-23(9-11-24)30-12-14-33-15-13-30/h4-11,16-17H,12-15H2,1-3H3,(H,28,29,32)/b25-17-. The van der Waals surface area contributed by atoms with E-state index >= 15 is 0 Å². The zero-order valence-corrected chi connectivity index (χ0v) is 20.5. The lowest BCUT2D eigenvalue weighted by Gasteiger charge is -2.29. The number of nitrogens with one attached hydrogen (secondary N) is 1. The molecular formula is C27H28N4O2S. The fourth-order valence-corrected chi connectivity index (χ4v) is 5.16. The molecule has 7 heteroatoms. The first-order valence-electron chi connectivity index (χ1n) is 11.5. The molecule has 2 aromatic carbocycles. The molecule has 1 aromatic heterocycles. The number of thioether (sulfide) groups is 1. The Morgan fingerprint density at radius 1 is 0.971 bits per heavy atom. The van der Waals surface area contributed by atoms with E-state index in [9.17, 15) is 4.79 Å². The first-order chi connectivity index (χ1) is 16.5. The zero-order chi connectivity index (χ0) is 23.7. The monoisotopic (exact) mass is 472 g/mol. The van der Waals surface area contributed by atoms with Gasteiger partial charge in [0.25, 0.3) is 5.91 Å². The summed E-state index contributed by atoms with van der Waals surface area (Å²) in [4.78, 5) is 20.2. The highest BCUT2D eigenvalue weighted by Crippen LogP contribution is 2.31. The van der Waals surface area contributed by atoms with Crippen LogP contribution in [0.25, 0.3) is 11.8 Å². The minimum atomic E-state index is -0.115. The molecule has 2 aliphatic heterocycles. The molecule has 2 saturated heterocycles. The fourth-order valence-electron chi connectivity index (χ4n) is 4.32. The first-order valence-corrected chi connectivity index (χ1v) is 12.3. The van der Waals surface area contributed by atoms with Gasteiger partial charge in [-0.05, 0) is 86.6 Å². The van der Waals surface area contributed by atoms with Gasteiger partial charge in [0, 0.05) is 35.9 Å². The Balaban J connectivity index is 1.37. The van der Waals surface area contributed by atoms with Crippen molar-refractivity contribution in [2.24, 2.45) is 4.99 Å². The Morgan fingerprint density at radius 3 is 2.35 bits per heavy atom. The lowest BCUT2D eigenvalue weighted by atomic mass is 10.2. The zero-order valence-electron chi connectivity index (χ0n) is 19.7. The van der Waals surface area contributed by atoms with Crippen molar-refractivity contribution in [3.8, 4) is 5.69 Å². The third kappa shape index (κ3) is 4.67. The number of aryl methyl sites for hydroxylation is 2. The number of aromatic nitrogens is 1. The number of ether oxygens (including phenoxy) is 1. The highest BCUT2D eigenvalue weighted by molar-refractivity contribution is 8.18. The maximum absolute atomic E-state index is 12.6. The van der Waals surface area contributed by atoms with Gasteiger partial charge >= 0.3 is 0 Å². The molecule has 0 spiro atoms. The van der Waals surface area contributed by atoms with Crippen molar-refractivity contribution in [1.29, 1.82) is 0 Å². The van der Waals surface area contributed by atoms with E-state index in [1.54, 1.807) is 0 Å². The molecular weight excluding hydrogens is 444 g/mol. The molecule has 0 radical (unpaired) electrons. The van der Waals surface area contributed by atoms with Crippen LogP contribution in [0.4, 0.5) is 11.4 Å². The number of rotatable bonds is 4. The predicted molar refractivity (Wildman–Crippen MR) is 140 cm³/mol. The molecule has 3 aromatic rings. The van der Waals surface area contributed by atoms with Crippen LogP contribution in [0.2, 0.25) is 0 Å². The molecule has 5 rings (SSSR count). The Hall–Kier alpha value is -3.29. The van der Waals surface area contributed by atoms with Crippen molar-refractivity contribution in [2.45, 2.75) is 20.8 Å². The van der Waals surface area contributed by atoms with Crippen LogP contribution in [0.5, 0.6) is 0 Å². The smallest absolute Gasteiger partial charge is 0.264 e. The Bertz CT molecular complexity index is 1270. The molecule has 0 saturated carbocycles. The second kappa shape index (κ2) is 9.52. The van der Waals surface area contributed by atoms with Gasteiger partial charge in [0.05, 0.1) is 23.8 Å². The molecule has 6 nitrogen and oxygen atoms in total. The lowest BCUT2D eigenvalue weighted by Crippen LogP contribution is -2.36. The second-order valence-corrected chi connectivity index (χ2v) is 9.63. The van der Waals surface area contributed by atoms with Crippen molar-refractivity contribution < 1.29 is 9.53 Å². The molecule has 3 heterocycles. The summed E-state index contributed by atoms with van der Waals surface area (Å²) in [7, 11) is 0. The van der Waals surface area contributed by atoms with Crippen LogP contribution in [-0.4, -0.2) is 41.9 Å². The van der Waals surface area contributed by atoms with Gasteiger partial charge in [-0.2, -0.15) is 0 Å². The topological polar surface area (TPSA) is 58.9 Å². The van der Waals surface area contributed by atoms with E-state index in [0.717, 1.165) is 54.6 Å². The largest absolute Gasteiger partial charge is 0.378 e. The van der Waals surface area contributed by atoms with Gasteiger partial charge < -0.3 is 19.5 Å². The lowest BCUT2D eigenvalue weighted by molar-refractivity contribution is -0.115. The second-order valence-electron chi connectivity index (χ2n) is 8.59. The Labute approximate surface area is 204 Å². The summed E-state index contributed by atoms with van der Waals surface area (Å²) in [6.07, 6.45) is 1.96. The number of carbonyl (C=O) groups excluding carboxylic acids is 1. The van der Waals surface area contributed by atoms with Gasteiger partial charge in [0.1, 0.15) is 0 Å². The fraction of sp³-hybridized carbons (Fsp3) is 0.259. The quantitative estimate of drug-likeness (QED) is 0.535. The molecule has 174 valence electrons. The summed E-state index contributed by atoms with van der Waals surface area (Å²) < 4.78 is 7.69. The number of hydrogen-bond acceptors (Lipinski definition) is 5. The summed E-state index contributed by atoms with van der Waals surface area (Å²) in [5.74, 6) is -0.115. The summed E-state index contributed by atoms with van der Waals surface area (Å²) >= 11 is 1.38.